The summed E-state index contributed by atoms with van der Waals surface area (Å²) in [5.41, 5.74) is 9.44. The second kappa shape index (κ2) is 32.9. The summed E-state index contributed by atoms with van der Waals surface area (Å²) in [4.78, 5) is 54.7. The molecule has 4 amide bonds. The Bertz CT molecular complexity index is 1860. The lowest BCUT2D eigenvalue weighted by Gasteiger charge is -2.46. The molecule has 0 aromatic carbocycles. The highest BCUT2D eigenvalue weighted by molar-refractivity contribution is 8.00. The number of amides is 4. The minimum atomic E-state index is -0.920. The van der Waals surface area contributed by atoms with Crippen molar-refractivity contribution in [2.24, 2.45) is 23.2 Å². The van der Waals surface area contributed by atoms with E-state index in [1.165, 1.54) is 4.90 Å². The van der Waals surface area contributed by atoms with Gasteiger partial charge < -0.3 is 55.5 Å². The topological polar surface area (TPSA) is 255 Å². The number of hydrogen-bond donors (Lipinski definition) is 11. The molecule has 0 aromatic heterocycles. The van der Waals surface area contributed by atoms with E-state index in [1.807, 2.05) is 32.5 Å². The molecule has 79 heavy (non-hydrogen) atoms. The van der Waals surface area contributed by atoms with Crippen LogP contribution < -0.4 is 53.6 Å². The van der Waals surface area contributed by atoms with Crippen molar-refractivity contribution in [1.29, 1.82) is 0 Å². The number of carbonyl (C=O) groups excluding carboxylic acids is 4. The number of nitrogens with zero attached hydrogens (tertiary/aromatic N) is 3. The lowest BCUT2D eigenvalue weighted by molar-refractivity contribution is -0.144. The van der Waals surface area contributed by atoms with E-state index in [0.717, 1.165) is 103 Å². The van der Waals surface area contributed by atoms with Crippen LogP contribution in [0.5, 0.6) is 0 Å². The summed E-state index contributed by atoms with van der Waals surface area (Å²) in [6.45, 7) is 18.8. The number of hydrogen-bond acceptors (Lipinski definition) is 19. The Balaban J connectivity index is 0.646. The molecular formula is C55H102ClN13O9S. The molecule has 0 bridgehead atoms. The smallest absolute Gasteiger partial charge is 0.246 e. The zero-order valence-corrected chi connectivity index (χ0v) is 50.1. The molecule has 7 fully saturated rings. The molecule has 7 rings (SSSR count). The number of β-amino-alcohol motifs (C(OH)–C–C–N with tert-alkyl or cyclic N) is 1. The van der Waals surface area contributed by atoms with Crippen molar-refractivity contribution in [3.63, 3.8) is 0 Å². The predicted molar refractivity (Wildman–Crippen MR) is 307 cm³/mol. The van der Waals surface area contributed by atoms with E-state index >= 15 is 0 Å². The summed E-state index contributed by atoms with van der Waals surface area (Å²) >= 11 is 8.75. The number of ether oxygens (including phenoxy) is 4. The van der Waals surface area contributed by atoms with Gasteiger partial charge in [0.05, 0.1) is 76.6 Å². The number of thioether (sulfide) groups is 1. The molecule has 7 unspecified atom stereocenters. The van der Waals surface area contributed by atoms with Crippen LogP contribution in [0.2, 0.25) is 0 Å². The van der Waals surface area contributed by atoms with E-state index in [4.69, 9.17) is 30.5 Å². The molecule has 5 aliphatic heterocycles. The van der Waals surface area contributed by atoms with Crippen LogP contribution in [-0.2, 0) is 38.1 Å². The molecule has 22 nitrogen and oxygen atoms in total. The Morgan fingerprint density at radius 3 is 2.25 bits per heavy atom. The summed E-state index contributed by atoms with van der Waals surface area (Å²) in [6, 6.07) is 0.286. The molecule has 5 saturated heterocycles. The van der Waals surface area contributed by atoms with Crippen LogP contribution in [0.15, 0.2) is 0 Å². The average molecular weight is 1160 g/mol. The van der Waals surface area contributed by atoms with Gasteiger partial charge in [-0.15, -0.1) is 23.4 Å². The number of halogens is 1. The van der Waals surface area contributed by atoms with E-state index in [9.17, 15) is 24.3 Å². The van der Waals surface area contributed by atoms with Crippen LogP contribution in [0.4, 0.5) is 0 Å². The maximum Gasteiger partial charge on any atom is 0.246 e. The first kappa shape index (κ1) is 64.5. The Labute approximate surface area is 480 Å². The molecule has 5 heterocycles. The standard InChI is InChI=1S/C55H102ClN13O9S/c1-7-38(8-2)45-28-47(69-52(63-45)44(56)30-61-69)62-41-16-15-40(26-41)58-31-48(71)57-17-9-10-42-32-67(66-65-42)18-19-75-20-21-76-22-23-77-24-25-78-34-49(72)64-51(55(4,5)6)54(74)68-33-43(70)27-46(68)53(73)59-29-37-11-13-39(14-12-37)50-36(3)60-35-79-50/h36-47,50-52,58,60-63,65-66,70H,7-35H2,1-6H3,(H,57,71)(H,59,73)(H,64,72)/t36?,37?,39?,40-,41-,42?,43+,44?,45?,46-,47?,50?,51+,52?/m0/s1. The molecule has 2 saturated carbocycles. The summed E-state index contributed by atoms with van der Waals surface area (Å²) in [5, 5.41) is 39.6. The van der Waals surface area contributed by atoms with Crippen LogP contribution in [0.25, 0.3) is 0 Å². The molecule has 11 N–H and O–H groups in total. The first-order valence-corrected chi connectivity index (χ1v) is 31.7. The lowest BCUT2D eigenvalue weighted by Crippen LogP contribution is -2.67. The maximum absolute atomic E-state index is 14.0. The largest absolute Gasteiger partial charge is 0.391 e. The number of nitrogens with one attached hydrogen (secondary N) is 10. The van der Waals surface area contributed by atoms with Gasteiger partial charge in [0.15, 0.2) is 0 Å². The third-order valence-corrected chi connectivity index (χ3v) is 19.4. The zero-order valence-electron chi connectivity index (χ0n) is 48.5. The van der Waals surface area contributed by atoms with Crippen molar-refractivity contribution in [2.75, 3.05) is 105 Å². The highest BCUT2D eigenvalue weighted by Crippen LogP contribution is 2.39. The number of likely N-dealkylation sites (tertiary alicyclic amines) is 1. The number of aliphatic hydroxyl groups excluding tert-OH is 1. The quantitative estimate of drug-likeness (QED) is 0.0333. The highest BCUT2D eigenvalue weighted by atomic mass is 35.5. The first-order valence-electron chi connectivity index (χ1n) is 30.3. The maximum atomic E-state index is 14.0. The van der Waals surface area contributed by atoms with Crippen molar-refractivity contribution in [2.45, 2.75) is 196 Å². The minimum Gasteiger partial charge on any atom is -0.391 e. The van der Waals surface area contributed by atoms with Crippen molar-refractivity contribution >= 4 is 47.0 Å². The Hall–Kier alpha value is -2.04. The summed E-state index contributed by atoms with van der Waals surface area (Å²) < 4.78 is 22.6. The molecule has 454 valence electrons. The average Bonchev–Trinajstić information content (AvgIpc) is 4.39. The summed E-state index contributed by atoms with van der Waals surface area (Å²) in [6.07, 6.45) is 12.5. The number of aliphatic hydroxyl groups is 1. The fourth-order valence-corrected chi connectivity index (χ4v) is 14.6. The Morgan fingerprint density at radius 1 is 0.848 bits per heavy atom. The second-order valence-corrected chi connectivity index (χ2v) is 26.2. The van der Waals surface area contributed by atoms with Crippen LogP contribution in [0.1, 0.15) is 125 Å². The molecule has 12 atom stereocenters. The molecule has 7 aliphatic rings. The van der Waals surface area contributed by atoms with Gasteiger partial charge in [0.2, 0.25) is 23.6 Å². The van der Waals surface area contributed by atoms with E-state index in [2.05, 4.69) is 84.4 Å². The normalized spacial score (nSPS) is 32.0. The minimum absolute atomic E-state index is 0.0364. The fraction of sp³-hybridized carbons (Fsp3) is 0.927. The zero-order chi connectivity index (χ0) is 56.3. The summed E-state index contributed by atoms with van der Waals surface area (Å²) in [7, 11) is 0. The predicted octanol–water partition coefficient (Wildman–Crippen LogP) is 1.09. The van der Waals surface area contributed by atoms with E-state index in [0.29, 0.717) is 99.8 Å². The van der Waals surface area contributed by atoms with Crippen LogP contribution >= 0.6 is 23.4 Å². The van der Waals surface area contributed by atoms with Crippen molar-refractivity contribution in [1.82, 2.24) is 68.5 Å². The molecular weight excluding hydrogens is 1050 g/mol. The van der Waals surface area contributed by atoms with Gasteiger partial charge in [-0.05, 0) is 94.3 Å². The molecule has 0 spiro atoms. The van der Waals surface area contributed by atoms with E-state index < -0.39 is 35.4 Å². The number of alkyl halides is 1. The van der Waals surface area contributed by atoms with Crippen LogP contribution in [0, 0.1) is 23.2 Å². The van der Waals surface area contributed by atoms with Gasteiger partial charge >= 0.3 is 0 Å². The third-order valence-electron chi connectivity index (χ3n) is 17.5. The fourth-order valence-electron chi connectivity index (χ4n) is 12.8. The number of carbonyl (C=O) groups is 4. The highest BCUT2D eigenvalue weighted by Gasteiger charge is 2.47. The van der Waals surface area contributed by atoms with Crippen LogP contribution in [-0.4, -0.2) is 220 Å². The number of fused-ring (bicyclic) bond motifs is 1. The van der Waals surface area contributed by atoms with Crippen molar-refractivity contribution < 1.29 is 43.2 Å². The van der Waals surface area contributed by atoms with Gasteiger partial charge in [-0.2, -0.15) is 5.53 Å². The Morgan fingerprint density at radius 2 is 1.56 bits per heavy atom. The third kappa shape index (κ3) is 20.0. The summed E-state index contributed by atoms with van der Waals surface area (Å²) in [5.74, 6) is 1.71. The molecule has 0 radical (unpaired) electrons. The van der Waals surface area contributed by atoms with E-state index in [1.54, 1.807) is 0 Å². The van der Waals surface area contributed by atoms with Crippen molar-refractivity contribution in [3.05, 3.63) is 0 Å². The first-order chi connectivity index (χ1) is 38.1. The molecule has 2 aliphatic carbocycles. The van der Waals surface area contributed by atoms with Gasteiger partial charge in [0.1, 0.15) is 18.7 Å². The van der Waals surface area contributed by atoms with Gasteiger partial charge in [-0.25, -0.2) is 15.4 Å². The van der Waals surface area contributed by atoms with Crippen LogP contribution in [0.3, 0.4) is 0 Å². The van der Waals surface area contributed by atoms with Gasteiger partial charge in [-0.1, -0.05) is 47.5 Å². The Kier molecular flexibility index (Phi) is 26.8. The SMILES string of the molecule is CCC(CC)C1CC(N[C@H]2CC[C@H](NCC(=O)NCCCC3CN(CCOCCOCCOCCOCC(=O)N[C@H](C(=O)N4C[C@H](O)C[C@H]4C(=O)NCC4CCC(C5SCNC5C)CC4)C(C)(C)C)NN3)C2)N2NCC(Cl)C2N1. The molecule has 0 aromatic rings. The van der Waals surface area contributed by atoms with Crippen molar-refractivity contribution in [3.8, 4) is 0 Å². The van der Waals surface area contributed by atoms with Gasteiger partial charge in [0, 0.05) is 87.0 Å². The van der Waals surface area contributed by atoms with Gasteiger partial charge in [-0.3, -0.25) is 35.2 Å². The lowest BCUT2D eigenvalue weighted by atomic mass is 9.79. The van der Waals surface area contributed by atoms with E-state index in [-0.39, 0.29) is 68.4 Å². The molecule has 24 heteroatoms. The second-order valence-electron chi connectivity index (χ2n) is 24.4. The monoisotopic (exact) mass is 1160 g/mol. The number of hydrazine groups is 3. The van der Waals surface area contributed by atoms with Gasteiger partial charge in [0.25, 0.3) is 0 Å². The number of rotatable bonds is 32.